The molecule has 0 bridgehead atoms. The number of carbonyl (C=O) groups excluding carboxylic acids is 7. The van der Waals surface area contributed by atoms with E-state index in [-0.39, 0.29) is 105 Å². The Labute approximate surface area is 458 Å². The number of nitrogens with zero attached hydrogens (tertiary/aromatic N) is 3. The number of ether oxygens (including phenoxy) is 6. The maximum atomic E-state index is 14.7. The largest absolute Gasteiger partial charge is 0.464 e. The second kappa shape index (κ2) is 30.0. The molecule has 4 N–H and O–H groups in total. The highest BCUT2D eigenvalue weighted by Crippen LogP contribution is 2.53. The Kier molecular flexibility index (Phi) is 25.3. The Bertz CT molecular complexity index is 2080. The molecule has 1 heterocycles. The fourth-order valence-corrected chi connectivity index (χ4v) is 11.7. The number of aliphatic hydroxyl groups excluding tert-OH is 1. The lowest BCUT2D eigenvalue weighted by atomic mass is 9.56. The normalized spacial score (nSPS) is 24.7. The highest BCUT2D eigenvalue weighted by molar-refractivity contribution is 5.94. The van der Waals surface area contributed by atoms with Gasteiger partial charge in [0.25, 0.3) is 0 Å². The van der Waals surface area contributed by atoms with Crippen LogP contribution in [0.4, 0.5) is 0 Å². The number of amides is 5. The summed E-state index contributed by atoms with van der Waals surface area (Å²) in [5.74, 6) is -3.62. The van der Waals surface area contributed by atoms with Crippen LogP contribution in [0.2, 0.25) is 0 Å². The standard InChI is InChI=1S/C57H94N6O14/c1-15-41(33-64)77-48(73-13)34-76-47(67)26-19-25-45(65)58-27-21-29-75-55(71)56(32-42(56)40-22-17-16-18-23-40)60-52(68)38(7)51(74-14)43-24-20-28-63(43)46(66)30-44(72-12)57(31-37(6)39(57)8)62(11)54(70)49(35(2)3)59-53(69)50(36(4)5)61(9)10/h16-18,22-23,35-39,41-44,48-51,64H,15,19-21,24-34H2,1-14H3,(H,58,65)(H,59,69)(H,60,68)/t37?,38-,39+,41?,42+,43+,44?,48?,49+,50+,51-,56-,57+/m1/s1. The summed E-state index contributed by atoms with van der Waals surface area (Å²) < 4.78 is 34.0. The van der Waals surface area contributed by atoms with Gasteiger partial charge >= 0.3 is 11.9 Å². The van der Waals surface area contributed by atoms with Gasteiger partial charge in [0.2, 0.25) is 29.5 Å². The van der Waals surface area contributed by atoms with Crippen LogP contribution in [0.3, 0.4) is 0 Å². The van der Waals surface area contributed by atoms with E-state index >= 15 is 0 Å². The number of rotatable bonds is 33. The Balaban J connectivity index is 1.38. The number of likely N-dealkylation sites (N-methyl/N-ethyl adjacent to an activating group) is 2. The molecule has 2 aliphatic carbocycles. The van der Waals surface area contributed by atoms with Crippen LogP contribution in [-0.2, 0) is 62.0 Å². The lowest BCUT2D eigenvalue weighted by Gasteiger charge is -2.61. The molecule has 13 atom stereocenters. The Morgan fingerprint density at radius 1 is 0.857 bits per heavy atom. The van der Waals surface area contributed by atoms with E-state index in [0.29, 0.717) is 45.1 Å². The predicted octanol–water partition coefficient (Wildman–Crippen LogP) is 4.20. The summed E-state index contributed by atoms with van der Waals surface area (Å²) in [4.78, 5) is 102. The number of aliphatic hydroxyl groups is 1. The van der Waals surface area contributed by atoms with Gasteiger partial charge in [0.05, 0.1) is 61.5 Å². The number of nitrogens with one attached hydrogen (secondary N) is 3. The second-order valence-electron chi connectivity index (χ2n) is 22.5. The molecule has 0 radical (unpaired) electrons. The maximum Gasteiger partial charge on any atom is 0.332 e. The van der Waals surface area contributed by atoms with E-state index in [1.54, 1.807) is 30.9 Å². The number of carbonyl (C=O) groups is 7. The molecule has 4 rings (SSSR count). The molecule has 20 nitrogen and oxygen atoms in total. The number of esters is 2. The fourth-order valence-electron chi connectivity index (χ4n) is 11.7. The maximum absolute atomic E-state index is 14.7. The first kappa shape index (κ1) is 64.8. The van der Waals surface area contributed by atoms with E-state index in [9.17, 15) is 38.7 Å². The fraction of sp³-hybridized carbons (Fsp3) is 0.772. The lowest BCUT2D eigenvalue weighted by Crippen LogP contribution is -2.72. The van der Waals surface area contributed by atoms with Crippen molar-refractivity contribution in [1.29, 1.82) is 0 Å². The zero-order valence-corrected chi connectivity index (χ0v) is 48.6. The topological polar surface area (TPSA) is 241 Å². The molecule has 3 fully saturated rings. The quantitative estimate of drug-likeness (QED) is 0.0438. The Hall–Kier alpha value is -4.73. The lowest BCUT2D eigenvalue weighted by molar-refractivity contribution is -0.194. The SMILES string of the molecule is CCC(CO)OC(COC(=O)CCCC(=O)NCCCOC(=O)[C@@]1(NC(=O)[C@H](C)[C@@H](OC)[C@@H]2CCCN2C(=O)CC(OC)[C@]2(N(C)C(=O)[C@@H](NC(=O)[C@H](C(C)C)N(C)C)C(C)C)CC(C)[C@@H]2C)C[C@H]1c1ccccc1)OC. The minimum Gasteiger partial charge on any atom is -0.464 e. The van der Waals surface area contributed by atoms with Gasteiger partial charge in [-0.2, -0.15) is 0 Å². The van der Waals surface area contributed by atoms with Gasteiger partial charge in [0, 0.05) is 60.2 Å². The van der Waals surface area contributed by atoms with Crippen LogP contribution in [-0.4, -0.2) is 190 Å². The van der Waals surface area contributed by atoms with Crippen LogP contribution in [0.1, 0.15) is 131 Å². The van der Waals surface area contributed by atoms with Gasteiger partial charge in [-0.1, -0.05) is 85.7 Å². The Morgan fingerprint density at radius 3 is 2.10 bits per heavy atom. The number of hydrogen-bond acceptors (Lipinski definition) is 15. The number of methoxy groups -OCH3 is 3. The van der Waals surface area contributed by atoms with Crippen molar-refractivity contribution in [1.82, 2.24) is 30.7 Å². The molecule has 5 amide bonds. The van der Waals surface area contributed by atoms with Crippen LogP contribution < -0.4 is 16.0 Å². The third-order valence-corrected chi connectivity index (χ3v) is 16.5. The molecule has 436 valence electrons. The number of likely N-dealkylation sites (tertiary alicyclic amines) is 1. The molecule has 1 aliphatic heterocycles. The predicted molar refractivity (Wildman–Crippen MR) is 289 cm³/mol. The van der Waals surface area contributed by atoms with Crippen LogP contribution in [0.25, 0.3) is 0 Å². The summed E-state index contributed by atoms with van der Waals surface area (Å²) in [6.07, 6.45) is 0.666. The van der Waals surface area contributed by atoms with Crippen molar-refractivity contribution in [2.75, 3.05) is 75.4 Å². The van der Waals surface area contributed by atoms with Gasteiger partial charge in [-0.3, -0.25) is 33.7 Å². The first-order chi connectivity index (χ1) is 36.5. The smallest absolute Gasteiger partial charge is 0.332 e. The van der Waals surface area contributed by atoms with Crippen molar-refractivity contribution in [2.24, 2.45) is 29.6 Å². The molecule has 77 heavy (non-hydrogen) atoms. The van der Waals surface area contributed by atoms with E-state index in [2.05, 4.69) is 29.8 Å². The molecule has 0 aromatic heterocycles. The summed E-state index contributed by atoms with van der Waals surface area (Å²) in [7, 11) is 9.95. The van der Waals surface area contributed by atoms with Gasteiger partial charge in [-0.05, 0) is 88.3 Å². The second-order valence-corrected chi connectivity index (χ2v) is 22.5. The molecule has 1 saturated heterocycles. The molecule has 3 aliphatic rings. The molecule has 1 aromatic rings. The van der Waals surface area contributed by atoms with Crippen LogP contribution in [0.15, 0.2) is 30.3 Å². The highest BCUT2D eigenvalue weighted by Gasteiger charge is 2.64. The van der Waals surface area contributed by atoms with Crippen LogP contribution >= 0.6 is 0 Å². The van der Waals surface area contributed by atoms with E-state index in [4.69, 9.17) is 28.4 Å². The number of benzene rings is 1. The van der Waals surface area contributed by atoms with E-state index in [1.165, 1.54) is 14.2 Å². The molecular weight excluding hydrogens is 993 g/mol. The zero-order valence-electron chi connectivity index (χ0n) is 48.6. The van der Waals surface area contributed by atoms with Gasteiger partial charge < -0.3 is 59.3 Å². The summed E-state index contributed by atoms with van der Waals surface area (Å²) in [5.41, 5.74) is -1.33. The summed E-state index contributed by atoms with van der Waals surface area (Å²) in [6.45, 7) is 15.9. The first-order valence-electron chi connectivity index (χ1n) is 27.8. The van der Waals surface area contributed by atoms with Crippen molar-refractivity contribution in [3.63, 3.8) is 0 Å². The number of hydrogen-bond donors (Lipinski definition) is 4. The first-order valence-corrected chi connectivity index (χ1v) is 27.8. The van der Waals surface area contributed by atoms with E-state index < -0.39 is 77.6 Å². The van der Waals surface area contributed by atoms with Gasteiger partial charge in [0.1, 0.15) is 18.2 Å². The van der Waals surface area contributed by atoms with Crippen molar-refractivity contribution >= 4 is 41.5 Å². The third kappa shape index (κ3) is 16.2. The van der Waals surface area contributed by atoms with E-state index in [0.717, 1.165) is 5.56 Å². The summed E-state index contributed by atoms with van der Waals surface area (Å²) >= 11 is 0. The van der Waals surface area contributed by atoms with Crippen molar-refractivity contribution in [3.8, 4) is 0 Å². The minimum atomic E-state index is -1.35. The van der Waals surface area contributed by atoms with Crippen LogP contribution in [0, 0.1) is 29.6 Å². The molecule has 1 aromatic carbocycles. The average molecular weight is 1090 g/mol. The summed E-state index contributed by atoms with van der Waals surface area (Å²) in [6, 6.07) is 7.71. The third-order valence-electron chi connectivity index (χ3n) is 16.5. The summed E-state index contributed by atoms with van der Waals surface area (Å²) in [5, 5.41) is 18.3. The molecule has 4 unspecified atom stereocenters. The highest BCUT2D eigenvalue weighted by atomic mass is 16.7. The van der Waals surface area contributed by atoms with Gasteiger partial charge in [0.15, 0.2) is 6.29 Å². The van der Waals surface area contributed by atoms with Gasteiger partial charge in [-0.25, -0.2) is 4.79 Å². The monoisotopic (exact) mass is 1090 g/mol. The molecule has 20 heteroatoms. The van der Waals surface area contributed by atoms with Gasteiger partial charge in [-0.15, -0.1) is 0 Å². The van der Waals surface area contributed by atoms with Crippen molar-refractivity contribution in [2.45, 2.75) is 179 Å². The Morgan fingerprint density at radius 2 is 1.55 bits per heavy atom. The van der Waals surface area contributed by atoms with Crippen LogP contribution in [0.5, 0.6) is 0 Å². The van der Waals surface area contributed by atoms with Crippen molar-refractivity contribution in [3.05, 3.63) is 35.9 Å². The molecule has 2 saturated carbocycles. The van der Waals surface area contributed by atoms with Crippen molar-refractivity contribution < 1.29 is 67.1 Å². The van der Waals surface area contributed by atoms with E-state index in [1.807, 2.05) is 83.9 Å². The minimum absolute atomic E-state index is 0.00707. The average Bonchev–Trinajstić information content (AvgIpc) is 3.96. The molecular formula is C57H94N6O14. The molecule has 0 spiro atoms. The zero-order chi connectivity index (χ0) is 57.4.